The smallest absolute Gasteiger partial charge is 0.257 e. The third-order valence-corrected chi connectivity index (χ3v) is 4.62. The molecule has 116 valence electrons. The van der Waals surface area contributed by atoms with E-state index in [-0.39, 0.29) is 17.9 Å². The number of rotatable bonds is 4. The first kappa shape index (κ1) is 15.8. The number of hydrogen-bond donors (Lipinski definition) is 1. The van der Waals surface area contributed by atoms with Crippen molar-refractivity contribution in [3.8, 4) is 5.75 Å². The van der Waals surface area contributed by atoms with Crippen molar-refractivity contribution in [3.05, 3.63) is 29.3 Å². The monoisotopic (exact) mass is 291 g/mol. The van der Waals surface area contributed by atoms with E-state index >= 15 is 0 Å². The Labute approximate surface area is 126 Å². The average Bonchev–Trinajstić information content (AvgIpc) is 2.54. The molecule has 2 rings (SSSR count). The van der Waals surface area contributed by atoms with Crippen LogP contribution < -0.4 is 4.74 Å². The Morgan fingerprint density at radius 2 is 2.24 bits per heavy atom. The van der Waals surface area contributed by atoms with Crippen molar-refractivity contribution in [2.24, 2.45) is 5.41 Å². The molecule has 1 N–H and O–H groups in total. The van der Waals surface area contributed by atoms with Gasteiger partial charge in [-0.3, -0.25) is 4.79 Å². The van der Waals surface area contributed by atoms with Crippen LogP contribution in [0.3, 0.4) is 0 Å². The zero-order valence-electron chi connectivity index (χ0n) is 13.2. The van der Waals surface area contributed by atoms with E-state index in [1.807, 2.05) is 30.0 Å². The van der Waals surface area contributed by atoms with Crippen molar-refractivity contribution < 1.29 is 14.6 Å². The second-order valence-corrected chi connectivity index (χ2v) is 6.05. The molecule has 0 unspecified atom stereocenters. The van der Waals surface area contributed by atoms with Gasteiger partial charge in [-0.1, -0.05) is 13.0 Å². The van der Waals surface area contributed by atoms with E-state index in [9.17, 15) is 9.90 Å². The van der Waals surface area contributed by atoms with Gasteiger partial charge in [0, 0.05) is 18.5 Å². The number of benzene rings is 1. The van der Waals surface area contributed by atoms with Crippen molar-refractivity contribution in [3.63, 3.8) is 0 Å². The van der Waals surface area contributed by atoms with Crippen LogP contribution in [-0.2, 0) is 0 Å². The van der Waals surface area contributed by atoms with Gasteiger partial charge in [-0.05, 0) is 43.9 Å². The Bertz CT molecular complexity index is 509. The third-order valence-electron chi connectivity index (χ3n) is 4.62. The summed E-state index contributed by atoms with van der Waals surface area (Å²) in [4.78, 5) is 14.6. The number of carbonyl (C=O) groups is 1. The summed E-state index contributed by atoms with van der Waals surface area (Å²) in [6.45, 7) is 5.56. The molecule has 0 radical (unpaired) electrons. The number of methoxy groups -OCH3 is 1. The molecule has 1 aromatic rings. The van der Waals surface area contributed by atoms with Gasteiger partial charge < -0.3 is 14.7 Å². The first-order chi connectivity index (χ1) is 10.0. The molecule has 1 aromatic carbocycles. The Balaban J connectivity index is 2.24. The maximum Gasteiger partial charge on any atom is 0.257 e. The maximum absolute atomic E-state index is 12.8. The van der Waals surface area contributed by atoms with E-state index in [1.165, 1.54) is 0 Å². The van der Waals surface area contributed by atoms with E-state index in [4.69, 9.17) is 4.74 Å². The molecule has 0 saturated carbocycles. The summed E-state index contributed by atoms with van der Waals surface area (Å²) < 4.78 is 5.35. The maximum atomic E-state index is 12.8. The molecule has 0 bridgehead atoms. The van der Waals surface area contributed by atoms with Gasteiger partial charge in [0.15, 0.2) is 0 Å². The number of carbonyl (C=O) groups excluding carboxylic acids is 1. The number of piperidine rings is 1. The first-order valence-corrected chi connectivity index (χ1v) is 7.60. The molecule has 0 aromatic heterocycles. The van der Waals surface area contributed by atoms with Crippen molar-refractivity contribution in [1.82, 2.24) is 4.90 Å². The molecule has 21 heavy (non-hydrogen) atoms. The third kappa shape index (κ3) is 3.21. The van der Waals surface area contributed by atoms with Crippen molar-refractivity contribution >= 4 is 5.91 Å². The summed E-state index contributed by atoms with van der Waals surface area (Å²) in [5, 5.41) is 9.69. The lowest BCUT2D eigenvalue weighted by Crippen LogP contribution is -2.47. The molecule has 1 fully saturated rings. The Kier molecular flexibility index (Phi) is 4.88. The Hall–Kier alpha value is -1.55. The van der Waals surface area contributed by atoms with Crippen LogP contribution in [0, 0.1) is 12.3 Å². The molecule has 0 aliphatic carbocycles. The van der Waals surface area contributed by atoms with Crippen LogP contribution in [0.5, 0.6) is 5.75 Å². The molecule has 1 amide bonds. The highest BCUT2D eigenvalue weighted by molar-refractivity contribution is 5.97. The molecular formula is C17H25NO3. The van der Waals surface area contributed by atoms with Crippen molar-refractivity contribution in [1.29, 1.82) is 0 Å². The second-order valence-electron chi connectivity index (χ2n) is 6.05. The summed E-state index contributed by atoms with van der Waals surface area (Å²) in [5.41, 5.74) is 1.53. The van der Waals surface area contributed by atoms with Gasteiger partial charge in [-0.2, -0.15) is 0 Å². The van der Waals surface area contributed by atoms with Crippen molar-refractivity contribution in [2.45, 2.75) is 33.1 Å². The number of aryl methyl sites for hydroxylation is 1. The van der Waals surface area contributed by atoms with Crippen LogP contribution in [0.1, 0.15) is 42.1 Å². The standard InChI is InChI=1S/C17H25NO3/c1-4-17(12-19)8-5-9-18(11-17)16(20)14-7-6-13(2)10-15(14)21-3/h6-7,10,19H,4-5,8-9,11-12H2,1-3H3/t17-/m0/s1. The lowest BCUT2D eigenvalue weighted by Gasteiger charge is -2.41. The molecule has 4 heteroatoms. The highest BCUT2D eigenvalue weighted by Crippen LogP contribution is 2.34. The van der Waals surface area contributed by atoms with Crippen LogP contribution in [0.4, 0.5) is 0 Å². The van der Waals surface area contributed by atoms with E-state index in [2.05, 4.69) is 6.92 Å². The van der Waals surface area contributed by atoms with Gasteiger partial charge >= 0.3 is 0 Å². The van der Waals surface area contributed by atoms with E-state index < -0.39 is 0 Å². The molecule has 4 nitrogen and oxygen atoms in total. The van der Waals surface area contributed by atoms with Gasteiger partial charge in [0.05, 0.1) is 19.3 Å². The highest BCUT2D eigenvalue weighted by Gasteiger charge is 2.36. The normalized spacial score (nSPS) is 22.2. The van der Waals surface area contributed by atoms with Crippen molar-refractivity contribution in [2.75, 3.05) is 26.8 Å². The van der Waals surface area contributed by atoms with Crippen LogP contribution in [0.25, 0.3) is 0 Å². The lowest BCUT2D eigenvalue weighted by atomic mass is 9.78. The predicted octanol–water partition coefficient (Wildman–Crippen LogP) is 2.63. The number of likely N-dealkylation sites (tertiary alicyclic amines) is 1. The fraction of sp³-hybridized carbons (Fsp3) is 0.588. The van der Waals surface area contributed by atoms with Crippen LogP contribution >= 0.6 is 0 Å². The topological polar surface area (TPSA) is 49.8 Å². The summed E-state index contributed by atoms with van der Waals surface area (Å²) in [6.07, 6.45) is 2.81. The van der Waals surface area contributed by atoms with Crippen LogP contribution in [-0.4, -0.2) is 42.7 Å². The molecule has 1 atom stereocenters. The Morgan fingerprint density at radius 1 is 1.48 bits per heavy atom. The summed E-state index contributed by atoms with van der Waals surface area (Å²) in [7, 11) is 1.59. The van der Waals surface area contributed by atoms with Crippen LogP contribution in [0.2, 0.25) is 0 Å². The molecular weight excluding hydrogens is 266 g/mol. The minimum Gasteiger partial charge on any atom is -0.496 e. The Morgan fingerprint density at radius 3 is 2.86 bits per heavy atom. The molecule has 0 spiro atoms. The quantitative estimate of drug-likeness (QED) is 0.927. The molecule has 1 aliphatic heterocycles. The lowest BCUT2D eigenvalue weighted by molar-refractivity contribution is 0.0250. The molecule has 1 heterocycles. The number of aliphatic hydroxyl groups excluding tert-OH is 1. The van der Waals surface area contributed by atoms with E-state index in [0.29, 0.717) is 17.9 Å². The van der Waals surface area contributed by atoms with Gasteiger partial charge in [0.1, 0.15) is 5.75 Å². The van der Waals surface area contributed by atoms with Crippen LogP contribution in [0.15, 0.2) is 18.2 Å². The minimum atomic E-state index is -0.147. The zero-order valence-corrected chi connectivity index (χ0v) is 13.2. The van der Waals surface area contributed by atoms with Gasteiger partial charge in [0.2, 0.25) is 0 Å². The van der Waals surface area contributed by atoms with Gasteiger partial charge in [-0.25, -0.2) is 0 Å². The summed E-state index contributed by atoms with van der Waals surface area (Å²) in [5.74, 6) is 0.620. The molecule has 1 saturated heterocycles. The van der Waals surface area contributed by atoms with E-state index in [0.717, 1.165) is 31.4 Å². The summed E-state index contributed by atoms with van der Waals surface area (Å²) in [6, 6.07) is 5.65. The van der Waals surface area contributed by atoms with E-state index in [1.54, 1.807) is 7.11 Å². The fourth-order valence-electron chi connectivity index (χ4n) is 3.06. The largest absolute Gasteiger partial charge is 0.496 e. The van der Waals surface area contributed by atoms with Gasteiger partial charge in [0.25, 0.3) is 5.91 Å². The SMILES string of the molecule is CC[C@]1(CO)CCCN(C(=O)c2ccc(C)cc2OC)C1. The number of aliphatic hydroxyl groups is 1. The number of nitrogens with zero attached hydrogens (tertiary/aromatic N) is 1. The van der Waals surface area contributed by atoms with Gasteiger partial charge in [-0.15, -0.1) is 0 Å². The number of amides is 1. The second kappa shape index (κ2) is 6.48. The minimum absolute atomic E-state index is 0.00201. The first-order valence-electron chi connectivity index (χ1n) is 7.60. The zero-order chi connectivity index (χ0) is 15.5. The highest BCUT2D eigenvalue weighted by atomic mass is 16.5. The number of ether oxygens (including phenoxy) is 1. The average molecular weight is 291 g/mol. The summed E-state index contributed by atoms with van der Waals surface area (Å²) >= 11 is 0. The number of hydrogen-bond acceptors (Lipinski definition) is 3. The fourth-order valence-corrected chi connectivity index (χ4v) is 3.06. The predicted molar refractivity (Wildman–Crippen MR) is 82.7 cm³/mol. The molecule has 1 aliphatic rings.